The van der Waals surface area contributed by atoms with Gasteiger partial charge in [0.15, 0.2) is 0 Å². The lowest BCUT2D eigenvalue weighted by Crippen LogP contribution is -2.39. The monoisotopic (exact) mass is 312 g/mol. The first-order valence-electron chi connectivity index (χ1n) is 6.31. The van der Waals surface area contributed by atoms with Gasteiger partial charge in [0.25, 0.3) is 0 Å². The minimum Gasteiger partial charge on any atom is -0.353 e. The van der Waals surface area contributed by atoms with E-state index in [0.717, 1.165) is 10.9 Å². The van der Waals surface area contributed by atoms with Crippen LogP contribution >= 0.6 is 15.9 Å². The van der Waals surface area contributed by atoms with Crippen LogP contribution in [-0.4, -0.2) is 18.5 Å². The molecule has 3 nitrogen and oxygen atoms in total. The lowest BCUT2D eigenvalue weighted by Gasteiger charge is -2.16. The zero-order chi connectivity index (χ0) is 13.5. The highest BCUT2D eigenvalue weighted by atomic mass is 79.9. The summed E-state index contributed by atoms with van der Waals surface area (Å²) >= 11 is 3.45. The molecule has 2 N–H and O–H groups in total. The molecular formula is C14H21BrN2O. The van der Waals surface area contributed by atoms with Gasteiger partial charge in [0.05, 0.1) is 6.54 Å². The van der Waals surface area contributed by atoms with Gasteiger partial charge in [-0.1, -0.05) is 35.0 Å². The molecule has 0 radical (unpaired) electrons. The molecule has 0 saturated heterocycles. The van der Waals surface area contributed by atoms with Gasteiger partial charge >= 0.3 is 0 Å². The minimum atomic E-state index is 0.0474. The van der Waals surface area contributed by atoms with Crippen LogP contribution in [0.2, 0.25) is 0 Å². The van der Waals surface area contributed by atoms with Gasteiger partial charge < -0.3 is 10.6 Å². The Kier molecular flexibility index (Phi) is 6.36. The largest absolute Gasteiger partial charge is 0.353 e. The first kappa shape index (κ1) is 15.2. The third kappa shape index (κ3) is 5.19. The maximum absolute atomic E-state index is 11.6. The van der Waals surface area contributed by atoms with E-state index in [9.17, 15) is 4.79 Å². The van der Waals surface area contributed by atoms with E-state index in [2.05, 4.69) is 52.5 Å². The topological polar surface area (TPSA) is 41.1 Å². The molecule has 1 aromatic rings. The maximum atomic E-state index is 11.6. The lowest BCUT2D eigenvalue weighted by molar-refractivity contribution is -0.120. The number of nitrogens with one attached hydrogen (secondary N) is 2. The fourth-order valence-electron chi connectivity index (χ4n) is 1.57. The number of carbonyl (C=O) groups excluding carboxylic acids is 1. The second-order valence-electron chi connectivity index (χ2n) is 4.53. The molecule has 1 amide bonds. The summed E-state index contributed by atoms with van der Waals surface area (Å²) in [7, 11) is 0. The fraction of sp³-hybridized carbons (Fsp3) is 0.500. The molecule has 0 saturated carbocycles. The van der Waals surface area contributed by atoms with Crippen molar-refractivity contribution in [2.24, 2.45) is 0 Å². The molecule has 18 heavy (non-hydrogen) atoms. The zero-order valence-electron chi connectivity index (χ0n) is 11.2. The molecule has 0 aliphatic carbocycles. The van der Waals surface area contributed by atoms with E-state index in [1.165, 1.54) is 5.56 Å². The predicted molar refractivity (Wildman–Crippen MR) is 78.5 cm³/mol. The standard InChI is InChI=1S/C14H21BrN2O/c1-4-10(2)17-14(18)9-16-11(3)12-6-5-7-13(15)8-12/h5-8,10-11,16H,4,9H2,1-3H3,(H,17,18)/t10?,11-/m0/s1. The Hall–Kier alpha value is -0.870. The molecule has 0 fully saturated rings. The van der Waals surface area contributed by atoms with Gasteiger partial charge in [0, 0.05) is 16.6 Å². The highest BCUT2D eigenvalue weighted by molar-refractivity contribution is 9.10. The average Bonchev–Trinajstić information content (AvgIpc) is 2.35. The Balaban J connectivity index is 2.41. The number of halogens is 1. The van der Waals surface area contributed by atoms with Gasteiger partial charge in [-0.25, -0.2) is 0 Å². The highest BCUT2D eigenvalue weighted by Gasteiger charge is 2.09. The highest BCUT2D eigenvalue weighted by Crippen LogP contribution is 2.17. The predicted octanol–water partition coefficient (Wildman–Crippen LogP) is 3.01. The first-order valence-corrected chi connectivity index (χ1v) is 7.10. The summed E-state index contributed by atoms with van der Waals surface area (Å²) in [6.45, 7) is 6.47. The second-order valence-corrected chi connectivity index (χ2v) is 5.45. The lowest BCUT2D eigenvalue weighted by atomic mass is 10.1. The van der Waals surface area contributed by atoms with E-state index < -0.39 is 0 Å². The second kappa shape index (κ2) is 7.54. The van der Waals surface area contributed by atoms with Crippen LogP contribution in [-0.2, 0) is 4.79 Å². The maximum Gasteiger partial charge on any atom is 0.234 e. The van der Waals surface area contributed by atoms with Crippen LogP contribution in [0.3, 0.4) is 0 Å². The van der Waals surface area contributed by atoms with Crippen molar-refractivity contribution in [2.75, 3.05) is 6.54 Å². The van der Waals surface area contributed by atoms with Crippen LogP contribution in [0.25, 0.3) is 0 Å². The van der Waals surface area contributed by atoms with E-state index in [4.69, 9.17) is 0 Å². The molecule has 4 heteroatoms. The molecule has 0 aliphatic rings. The first-order chi connectivity index (χ1) is 8.52. The zero-order valence-corrected chi connectivity index (χ0v) is 12.8. The van der Waals surface area contributed by atoms with Crippen LogP contribution < -0.4 is 10.6 Å². The fourth-order valence-corrected chi connectivity index (χ4v) is 1.98. The molecule has 1 aromatic carbocycles. The van der Waals surface area contributed by atoms with Crippen molar-refractivity contribution < 1.29 is 4.79 Å². The van der Waals surface area contributed by atoms with Crippen LogP contribution in [0.15, 0.2) is 28.7 Å². The van der Waals surface area contributed by atoms with Crippen molar-refractivity contribution in [1.29, 1.82) is 0 Å². The Morgan fingerprint density at radius 1 is 1.39 bits per heavy atom. The van der Waals surface area contributed by atoms with Crippen LogP contribution in [0.1, 0.15) is 38.8 Å². The van der Waals surface area contributed by atoms with E-state index in [-0.39, 0.29) is 18.0 Å². The summed E-state index contributed by atoms with van der Waals surface area (Å²) in [5.74, 6) is 0.0474. The average molecular weight is 313 g/mol. The molecule has 100 valence electrons. The number of carbonyl (C=O) groups is 1. The van der Waals surface area contributed by atoms with Crippen molar-refractivity contribution in [2.45, 2.75) is 39.3 Å². The third-order valence-corrected chi connectivity index (χ3v) is 3.43. The Morgan fingerprint density at radius 3 is 2.72 bits per heavy atom. The SMILES string of the molecule is CCC(C)NC(=O)CN[C@@H](C)c1cccc(Br)c1. The van der Waals surface area contributed by atoms with Crippen LogP contribution in [0, 0.1) is 0 Å². The molecule has 1 rings (SSSR count). The smallest absolute Gasteiger partial charge is 0.234 e. The van der Waals surface area contributed by atoms with E-state index in [0.29, 0.717) is 6.54 Å². The molecule has 0 heterocycles. The minimum absolute atomic E-state index is 0.0474. The number of hydrogen-bond donors (Lipinski definition) is 2. The number of hydrogen-bond acceptors (Lipinski definition) is 2. The summed E-state index contributed by atoms with van der Waals surface area (Å²) in [5.41, 5.74) is 1.17. The van der Waals surface area contributed by atoms with Gasteiger partial charge in [-0.3, -0.25) is 4.79 Å². The third-order valence-electron chi connectivity index (χ3n) is 2.94. The number of amides is 1. The quantitative estimate of drug-likeness (QED) is 0.847. The van der Waals surface area contributed by atoms with Crippen molar-refractivity contribution in [3.8, 4) is 0 Å². The summed E-state index contributed by atoms with van der Waals surface area (Å²) < 4.78 is 1.05. The van der Waals surface area contributed by atoms with E-state index in [1.54, 1.807) is 0 Å². The van der Waals surface area contributed by atoms with Gasteiger partial charge in [-0.15, -0.1) is 0 Å². The summed E-state index contributed by atoms with van der Waals surface area (Å²) in [6.07, 6.45) is 0.951. The normalized spacial score (nSPS) is 14.0. The van der Waals surface area contributed by atoms with Crippen molar-refractivity contribution >= 4 is 21.8 Å². The molecule has 2 atom stereocenters. The molecule has 0 aromatic heterocycles. The Labute approximate surface area is 117 Å². The van der Waals surface area contributed by atoms with Gasteiger partial charge in [0.1, 0.15) is 0 Å². The molecule has 0 spiro atoms. The Bertz CT molecular complexity index is 395. The van der Waals surface area contributed by atoms with Crippen molar-refractivity contribution in [1.82, 2.24) is 10.6 Å². The van der Waals surface area contributed by atoms with E-state index in [1.807, 2.05) is 19.1 Å². The van der Waals surface area contributed by atoms with Crippen molar-refractivity contribution in [3.63, 3.8) is 0 Å². The van der Waals surface area contributed by atoms with Gasteiger partial charge in [-0.2, -0.15) is 0 Å². The van der Waals surface area contributed by atoms with Gasteiger partial charge in [-0.05, 0) is 38.0 Å². The molecule has 0 aliphatic heterocycles. The molecular weight excluding hydrogens is 292 g/mol. The van der Waals surface area contributed by atoms with E-state index >= 15 is 0 Å². The molecule has 1 unspecified atom stereocenters. The van der Waals surface area contributed by atoms with Crippen LogP contribution in [0.5, 0.6) is 0 Å². The number of benzene rings is 1. The Morgan fingerprint density at radius 2 is 2.11 bits per heavy atom. The summed E-state index contributed by atoms with van der Waals surface area (Å²) in [4.78, 5) is 11.6. The number of rotatable bonds is 6. The van der Waals surface area contributed by atoms with Crippen molar-refractivity contribution in [3.05, 3.63) is 34.3 Å². The van der Waals surface area contributed by atoms with Crippen LogP contribution in [0.4, 0.5) is 0 Å². The van der Waals surface area contributed by atoms with Gasteiger partial charge in [0.2, 0.25) is 5.91 Å². The molecule has 0 bridgehead atoms. The summed E-state index contributed by atoms with van der Waals surface area (Å²) in [5, 5.41) is 6.16. The summed E-state index contributed by atoms with van der Waals surface area (Å²) in [6, 6.07) is 8.49.